The van der Waals surface area contributed by atoms with E-state index < -0.39 is 0 Å². The van der Waals surface area contributed by atoms with Crippen molar-refractivity contribution < 1.29 is 4.79 Å². The third-order valence-electron chi connectivity index (χ3n) is 3.84. The van der Waals surface area contributed by atoms with Crippen molar-refractivity contribution in [3.63, 3.8) is 0 Å². The van der Waals surface area contributed by atoms with Crippen LogP contribution >= 0.6 is 35.0 Å². The SMILES string of the molecule is O=C(CSCc1ccc(Cl)c(Cl)c1)NCc1cccc2ccccc12. The maximum atomic E-state index is 12.1. The predicted octanol–water partition coefficient (Wildman–Crippen LogP) is 5.70. The van der Waals surface area contributed by atoms with E-state index in [1.165, 1.54) is 10.8 Å². The summed E-state index contributed by atoms with van der Waals surface area (Å²) in [6.45, 7) is 0.535. The van der Waals surface area contributed by atoms with E-state index in [4.69, 9.17) is 23.2 Å². The lowest BCUT2D eigenvalue weighted by Crippen LogP contribution is -2.24. The monoisotopic (exact) mass is 389 g/mol. The lowest BCUT2D eigenvalue weighted by Gasteiger charge is -2.09. The molecule has 0 aromatic heterocycles. The molecule has 0 spiro atoms. The minimum atomic E-state index is 0.0259. The molecular weight excluding hydrogens is 373 g/mol. The number of thioether (sulfide) groups is 1. The van der Waals surface area contributed by atoms with E-state index in [1.807, 2.05) is 36.4 Å². The first kappa shape index (κ1) is 18.1. The van der Waals surface area contributed by atoms with Crippen LogP contribution in [0, 0.1) is 0 Å². The van der Waals surface area contributed by atoms with Gasteiger partial charge in [-0.1, -0.05) is 71.7 Å². The third kappa shape index (κ3) is 4.91. The number of fused-ring (bicyclic) bond motifs is 1. The van der Waals surface area contributed by atoms with Crippen LogP contribution in [-0.2, 0) is 17.1 Å². The highest BCUT2D eigenvalue weighted by molar-refractivity contribution is 7.99. The van der Waals surface area contributed by atoms with Gasteiger partial charge in [0, 0.05) is 12.3 Å². The molecule has 0 radical (unpaired) electrons. The van der Waals surface area contributed by atoms with E-state index in [0.29, 0.717) is 22.3 Å². The highest BCUT2D eigenvalue weighted by Crippen LogP contribution is 2.24. The summed E-state index contributed by atoms with van der Waals surface area (Å²) in [5.74, 6) is 1.15. The molecule has 128 valence electrons. The Bertz CT molecular complexity index is 893. The van der Waals surface area contributed by atoms with E-state index in [0.717, 1.165) is 16.9 Å². The lowest BCUT2D eigenvalue weighted by molar-refractivity contribution is -0.118. The van der Waals surface area contributed by atoms with Crippen LogP contribution in [0.15, 0.2) is 60.7 Å². The number of carbonyl (C=O) groups is 1. The smallest absolute Gasteiger partial charge is 0.230 e. The quantitative estimate of drug-likeness (QED) is 0.585. The standard InChI is InChI=1S/C20H17Cl2NOS/c21-18-9-8-14(10-19(18)22)12-25-13-20(24)23-11-16-6-3-5-15-4-1-2-7-17(15)16/h1-10H,11-13H2,(H,23,24). The molecule has 25 heavy (non-hydrogen) atoms. The maximum Gasteiger partial charge on any atom is 0.230 e. The van der Waals surface area contributed by atoms with E-state index in [9.17, 15) is 4.79 Å². The molecule has 0 heterocycles. The fourth-order valence-corrected chi connectivity index (χ4v) is 3.71. The number of amides is 1. The van der Waals surface area contributed by atoms with Crippen molar-refractivity contribution in [1.29, 1.82) is 0 Å². The van der Waals surface area contributed by atoms with Crippen LogP contribution in [0.1, 0.15) is 11.1 Å². The van der Waals surface area contributed by atoms with Gasteiger partial charge < -0.3 is 5.32 Å². The summed E-state index contributed by atoms with van der Waals surface area (Å²) in [6.07, 6.45) is 0. The van der Waals surface area contributed by atoms with Gasteiger partial charge in [-0.25, -0.2) is 0 Å². The van der Waals surface area contributed by atoms with Crippen LogP contribution in [0.3, 0.4) is 0 Å². The first-order chi connectivity index (χ1) is 12.1. The first-order valence-electron chi connectivity index (χ1n) is 7.88. The van der Waals surface area contributed by atoms with Crippen molar-refractivity contribution in [2.45, 2.75) is 12.3 Å². The van der Waals surface area contributed by atoms with Crippen LogP contribution in [0.2, 0.25) is 10.0 Å². The molecule has 5 heteroatoms. The second kappa shape index (κ2) is 8.61. The van der Waals surface area contributed by atoms with Gasteiger partial charge in [-0.05, 0) is 34.0 Å². The summed E-state index contributed by atoms with van der Waals surface area (Å²) in [7, 11) is 0. The van der Waals surface area contributed by atoms with Gasteiger partial charge in [0.15, 0.2) is 0 Å². The molecule has 0 atom stereocenters. The van der Waals surface area contributed by atoms with Gasteiger partial charge in [-0.3, -0.25) is 4.79 Å². The van der Waals surface area contributed by atoms with Gasteiger partial charge in [-0.2, -0.15) is 0 Å². The van der Waals surface area contributed by atoms with Crippen LogP contribution in [0.5, 0.6) is 0 Å². The fraction of sp³-hybridized carbons (Fsp3) is 0.150. The molecule has 1 amide bonds. The van der Waals surface area contributed by atoms with Gasteiger partial charge in [0.2, 0.25) is 5.91 Å². The van der Waals surface area contributed by atoms with E-state index in [2.05, 4.69) is 23.5 Å². The first-order valence-corrected chi connectivity index (χ1v) is 9.79. The Morgan fingerprint density at radius 2 is 1.76 bits per heavy atom. The Hall–Kier alpha value is -1.68. The number of nitrogens with one attached hydrogen (secondary N) is 1. The Kier molecular flexibility index (Phi) is 6.24. The van der Waals surface area contributed by atoms with Crippen molar-refractivity contribution >= 4 is 51.6 Å². The summed E-state index contributed by atoms with van der Waals surface area (Å²) >= 11 is 13.5. The molecule has 1 N–H and O–H groups in total. The Morgan fingerprint density at radius 1 is 0.960 bits per heavy atom. The summed E-state index contributed by atoms with van der Waals surface area (Å²) < 4.78 is 0. The second-order valence-electron chi connectivity index (χ2n) is 5.66. The van der Waals surface area contributed by atoms with Crippen LogP contribution in [-0.4, -0.2) is 11.7 Å². The molecule has 0 saturated heterocycles. The zero-order valence-corrected chi connectivity index (χ0v) is 15.8. The zero-order chi connectivity index (χ0) is 17.6. The second-order valence-corrected chi connectivity index (χ2v) is 7.46. The molecule has 3 aromatic rings. The van der Waals surface area contributed by atoms with Crippen molar-refractivity contribution in [2.75, 3.05) is 5.75 Å². The van der Waals surface area contributed by atoms with Crippen molar-refractivity contribution in [3.8, 4) is 0 Å². The van der Waals surface area contributed by atoms with Crippen LogP contribution < -0.4 is 5.32 Å². The minimum absolute atomic E-state index is 0.0259. The number of benzene rings is 3. The molecule has 0 unspecified atom stereocenters. The molecule has 0 bridgehead atoms. The molecule has 0 fully saturated rings. The van der Waals surface area contributed by atoms with Gasteiger partial charge in [0.1, 0.15) is 0 Å². The molecule has 0 aliphatic carbocycles. The Balaban J connectivity index is 1.50. The molecule has 0 aliphatic heterocycles. The van der Waals surface area contributed by atoms with Crippen molar-refractivity contribution in [1.82, 2.24) is 5.32 Å². The van der Waals surface area contributed by atoms with E-state index in [-0.39, 0.29) is 5.91 Å². The highest BCUT2D eigenvalue weighted by atomic mass is 35.5. The Labute approximate surface area is 161 Å². The van der Waals surface area contributed by atoms with Crippen molar-refractivity contribution in [3.05, 3.63) is 81.8 Å². The number of hydrogen-bond acceptors (Lipinski definition) is 2. The predicted molar refractivity (Wildman–Crippen MR) is 108 cm³/mol. The van der Waals surface area contributed by atoms with Gasteiger partial charge in [0.25, 0.3) is 0 Å². The van der Waals surface area contributed by atoms with Gasteiger partial charge in [-0.15, -0.1) is 11.8 Å². The van der Waals surface area contributed by atoms with Gasteiger partial charge in [0.05, 0.1) is 15.8 Å². The number of halogens is 2. The molecule has 3 aromatic carbocycles. The molecule has 0 aliphatic rings. The van der Waals surface area contributed by atoms with Crippen molar-refractivity contribution in [2.24, 2.45) is 0 Å². The highest BCUT2D eigenvalue weighted by Gasteiger charge is 2.05. The zero-order valence-electron chi connectivity index (χ0n) is 13.5. The van der Waals surface area contributed by atoms with Crippen LogP contribution in [0.25, 0.3) is 10.8 Å². The summed E-state index contributed by atoms with van der Waals surface area (Å²) in [6, 6.07) is 19.9. The summed E-state index contributed by atoms with van der Waals surface area (Å²) in [5, 5.41) is 6.44. The van der Waals surface area contributed by atoms with Crippen LogP contribution in [0.4, 0.5) is 0 Å². The third-order valence-corrected chi connectivity index (χ3v) is 5.58. The lowest BCUT2D eigenvalue weighted by atomic mass is 10.0. The fourth-order valence-electron chi connectivity index (χ4n) is 2.58. The molecule has 3 rings (SSSR count). The average molecular weight is 390 g/mol. The number of rotatable bonds is 6. The largest absolute Gasteiger partial charge is 0.351 e. The Morgan fingerprint density at radius 3 is 2.60 bits per heavy atom. The number of carbonyl (C=O) groups excluding carboxylic acids is 1. The molecule has 2 nitrogen and oxygen atoms in total. The topological polar surface area (TPSA) is 29.1 Å². The molecular formula is C20H17Cl2NOS. The summed E-state index contributed by atoms with van der Waals surface area (Å²) in [4.78, 5) is 12.1. The maximum absolute atomic E-state index is 12.1. The van der Waals surface area contributed by atoms with Gasteiger partial charge >= 0.3 is 0 Å². The van der Waals surface area contributed by atoms with E-state index >= 15 is 0 Å². The normalized spacial score (nSPS) is 10.8. The average Bonchev–Trinajstić information content (AvgIpc) is 2.63. The van der Waals surface area contributed by atoms with E-state index in [1.54, 1.807) is 17.8 Å². The summed E-state index contributed by atoms with van der Waals surface area (Å²) in [5.41, 5.74) is 2.18. The molecule has 0 saturated carbocycles. The number of hydrogen-bond donors (Lipinski definition) is 1. The minimum Gasteiger partial charge on any atom is -0.351 e.